The van der Waals surface area contributed by atoms with Crippen LogP contribution in [0.25, 0.3) is 0 Å². The summed E-state index contributed by atoms with van der Waals surface area (Å²) >= 11 is 5.84. The fourth-order valence-electron chi connectivity index (χ4n) is 1.48. The molecule has 0 aliphatic heterocycles. The van der Waals surface area contributed by atoms with Gasteiger partial charge in [0.25, 0.3) is 5.91 Å². The molecule has 0 saturated heterocycles. The Balaban J connectivity index is 2.09. The summed E-state index contributed by atoms with van der Waals surface area (Å²) in [5, 5.41) is 3.39. The number of carbonyl (C=O) groups is 1. The second-order valence-electron chi connectivity index (χ2n) is 3.99. The molecule has 1 aromatic carbocycles. The second-order valence-corrected chi connectivity index (χ2v) is 4.42. The van der Waals surface area contributed by atoms with Gasteiger partial charge in [0.05, 0.1) is 11.3 Å². The van der Waals surface area contributed by atoms with Crippen LogP contribution in [-0.2, 0) is 0 Å². The van der Waals surface area contributed by atoms with Gasteiger partial charge in [0.15, 0.2) is 0 Å². The van der Waals surface area contributed by atoms with Crippen molar-refractivity contribution in [1.82, 2.24) is 5.32 Å². The largest absolute Gasteiger partial charge is 0.352 e. The lowest BCUT2D eigenvalue weighted by atomic mass is 10.1. The van der Waals surface area contributed by atoms with Crippen LogP contribution in [0.1, 0.15) is 23.2 Å². The minimum Gasteiger partial charge on any atom is -0.352 e. The minimum atomic E-state index is -0.137. The molecule has 0 aromatic heterocycles. The van der Waals surface area contributed by atoms with Crippen molar-refractivity contribution < 1.29 is 4.79 Å². The van der Waals surface area contributed by atoms with Crippen molar-refractivity contribution >= 4 is 23.2 Å². The Labute approximate surface area is 99.1 Å². The van der Waals surface area contributed by atoms with Gasteiger partial charge in [-0.3, -0.25) is 10.6 Å². The van der Waals surface area contributed by atoms with Crippen LogP contribution in [0.2, 0.25) is 5.02 Å². The van der Waals surface area contributed by atoms with Crippen LogP contribution in [0, 0.1) is 5.92 Å². The number of nitrogen functional groups attached to an aromatic ring is 1. The van der Waals surface area contributed by atoms with Crippen LogP contribution >= 0.6 is 11.6 Å². The first-order valence-electron chi connectivity index (χ1n) is 5.25. The molecule has 1 saturated carbocycles. The van der Waals surface area contributed by atoms with E-state index in [0.717, 1.165) is 6.54 Å². The molecule has 1 aliphatic carbocycles. The summed E-state index contributed by atoms with van der Waals surface area (Å²) in [6.45, 7) is 0.732. The molecule has 1 aliphatic rings. The van der Waals surface area contributed by atoms with Crippen LogP contribution in [-0.4, -0.2) is 12.5 Å². The van der Waals surface area contributed by atoms with Gasteiger partial charge < -0.3 is 10.7 Å². The monoisotopic (exact) mass is 239 g/mol. The predicted molar refractivity (Wildman–Crippen MR) is 64.3 cm³/mol. The van der Waals surface area contributed by atoms with E-state index in [1.54, 1.807) is 18.2 Å². The zero-order valence-corrected chi connectivity index (χ0v) is 9.55. The Morgan fingerprint density at radius 2 is 2.25 bits per heavy atom. The smallest absolute Gasteiger partial charge is 0.253 e. The van der Waals surface area contributed by atoms with Crippen molar-refractivity contribution in [2.45, 2.75) is 12.8 Å². The summed E-state index contributed by atoms with van der Waals surface area (Å²) in [4.78, 5) is 11.8. The van der Waals surface area contributed by atoms with Crippen LogP contribution in [0.15, 0.2) is 18.2 Å². The van der Waals surface area contributed by atoms with Crippen molar-refractivity contribution in [3.63, 3.8) is 0 Å². The molecule has 0 atom stereocenters. The third kappa shape index (κ3) is 2.65. The molecule has 4 nitrogen and oxygen atoms in total. The molecular formula is C11H14ClN3O. The third-order valence-electron chi connectivity index (χ3n) is 2.63. The van der Waals surface area contributed by atoms with E-state index in [4.69, 9.17) is 17.4 Å². The van der Waals surface area contributed by atoms with Gasteiger partial charge >= 0.3 is 0 Å². The number of hydrogen-bond donors (Lipinski definition) is 3. The molecule has 0 radical (unpaired) electrons. The first kappa shape index (κ1) is 11.2. The maximum atomic E-state index is 11.8. The van der Waals surface area contributed by atoms with E-state index in [9.17, 15) is 4.79 Å². The van der Waals surface area contributed by atoms with E-state index in [1.165, 1.54) is 12.8 Å². The fraction of sp³-hybridized carbons (Fsp3) is 0.364. The molecular weight excluding hydrogens is 226 g/mol. The van der Waals surface area contributed by atoms with Crippen molar-refractivity contribution in [2.24, 2.45) is 11.8 Å². The van der Waals surface area contributed by atoms with E-state index in [2.05, 4.69) is 10.7 Å². The number of hydrazine groups is 1. The predicted octanol–water partition coefficient (Wildman–Crippen LogP) is 1.77. The van der Waals surface area contributed by atoms with Crippen LogP contribution < -0.4 is 16.6 Å². The maximum Gasteiger partial charge on any atom is 0.253 e. The normalized spacial score (nSPS) is 14.6. The first-order chi connectivity index (χ1) is 7.70. The lowest BCUT2D eigenvalue weighted by Gasteiger charge is -2.09. The Bertz CT molecular complexity index is 404. The van der Waals surface area contributed by atoms with E-state index in [1.807, 2.05) is 0 Å². The first-order valence-corrected chi connectivity index (χ1v) is 5.63. The molecule has 1 amide bonds. The Hall–Kier alpha value is -1.26. The highest BCUT2D eigenvalue weighted by Crippen LogP contribution is 2.28. The van der Waals surface area contributed by atoms with Gasteiger partial charge in [-0.2, -0.15) is 0 Å². The number of carbonyl (C=O) groups excluding carboxylic acids is 1. The maximum absolute atomic E-state index is 11.8. The minimum absolute atomic E-state index is 0.137. The number of halogens is 1. The van der Waals surface area contributed by atoms with Crippen LogP contribution in [0.3, 0.4) is 0 Å². The van der Waals surface area contributed by atoms with Crippen molar-refractivity contribution in [3.05, 3.63) is 28.8 Å². The Morgan fingerprint density at radius 3 is 2.88 bits per heavy atom. The van der Waals surface area contributed by atoms with Crippen molar-refractivity contribution in [2.75, 3.05) is 12.0 Å². The molecule has 2 rings (SSSR count). The molecule has 0 heterocycles. The summed E-state index contributed by atoms with van der Waals surface area (Å²) in [7, 11) is 0. The van der Waals surface area contributed by atoms with Crippen molar-refractivity contribution in [1.29, 1.82) is 0 Å². The number of rotatable bonds is 4. The van der Waals surface area contributed by atoms with E-state index in [-0.39, 0.29) is 5.91 Å². The average Bonchev–Trinajstić information content (AvgIpc) is 3.09. The number of anilines is 1. The van der Waals surface area contributed by atoms with Crippen molar-refractivity contribution in [3.8, 4) is 0 Å². The molecule has 1 fully saturated rings. The highest BCUT2D eigenvalue weighted by Gasteiger charge is 2.22. The SMILES string of the molecule is NNc1ccc(Cl)cc1C(=O)NCC1CC1. The average molecular weight is 240 g/mol. The number of nitrogens with one attached hydrogen (secondary N) is 2. The fourth-order valence-corrected chi connectivity index (χ4v) is 1.66. The Morgan fingerprint density at radius 1 is 1.50 bits per heavy atom. The summed E-state index contributed by atoms with van der Waals surface area (Å²) in [6, 6.07) is 4.99. The Kier molecular flexibility index (Phi) is 3.31. The van der Waals surface area contributed by atoms with Gasteiger partial charge in [-0.05, 0) is 37.0 Å². The van der Waals surface area contributed by atoms with Gasteiger partial charge in [0.2, 0.25) is 0 Å². The molecule has 0 bridgehead atoms. The highest BCUT2D eigenvalue weighted by atomic mass is 35.5. The molecule has 86 valence electrons. The van der Waals surface area contributed by atoms with Gasteiger partial charge in [-0.1, -0.05) is 11.6 Å². The molecule has 1 aromatic rings. The second kappa shape index (κ2) is 4.72. The van der Waals surface area contributed by atoms with E-state index in [0.29, 0.717) is 22.2 Å². The molecule has 0 spiro atoms. The highest BCUT2D eigenvalue weighted by molar-refractivity contribution is 6.31. The number of benzene rings is 1. The van der Waals surface area contributed by atoms with E-state index < -0.39 is 0 Å². The lowest BCUT2D eigenvalue weighted by molar-refractivity contribution is 0.0952. The zero-order chi connectivity index (χ0) is 11.5. The molecule has 4 N–H and O–H groups in total. The molecule has 5 heteroatoms. The van der Waals surface area contributed by atoms with Crippen LogP contribution in [0.4, 0.5) is 5.69 Å². The molecule has 0 unspecified atom stereocenters. The van der Waals surface area contributed by atoms with Gasteiger partial charge in [-0.25, -0.2) is 0 Å². The number of hydrogen-bond acceptors (Lipinski definition) is 3. The van der Waals surface area contributed by atoms with E-state index >= 15 is 0 Å². The zero-order valence-electron chi connectivity index (χ0n) is 8.79. The van der Waals surface area contributed by atoms with Gasteiger partial charge in [-0.15, -0.1) is 0 Å². The lowest BCUT2D eigenvalue weighted by Crippen LogP contribution is -2.27. The summed E-state index contributed by atoms with van der Waals surface area (Å²) in [5.41, 5.74) is 3.55. The van der Waals surface area contributed by atoms with Crippen LogP contribution in [0.5, 0.6) is 0 Å². The number of nitrogens with two attached hydrogens (primary N) is 1. The number of amides is 1. The van der Waals surface area contributed by atoms with Gasteiger partial charge in [0, 0.05) is 11.6 Å². The summed E-state index contributed by atoms with van der Waals surface area (Å²) in [5.74, 6) is 5.85. The summed E-state index contributed by atoms with van der Waals surface area (Å²) < 4.78 is 0. The standard InChI is InChI=1S/C11H14ClN3O/c12-8-3-4-10(15-13)9(5-8)11(16)14-6-7-1-2-7/h3-5,7,15H,1-2,6,13H2,(H,14,16). The van der Waals surface area contributed by atoms with Gasteiger partial charge in [0.1, 0.15) is 0 Å². The third-order valence-corrected chi connectivity index (χ3v) is 2.87. The molecule has 16 heavy (non-hydrogen) atoms. The quantitative estimate of drug-likeness (QED) is 0.554. The summed E-state index contributed by atoms with van der Waals surface area (Å²) in [6.07, 6.45) is 2.41. The topological polar surface area (TPSA) is 67.1 Å².